The second-order valence-electron chi connectivity index (χ2n) is 5.11. The van der Waals surface area contributed by atoms with E-state index >= 15 is 0 Å². The maximum Gasteiger partial charge on any atom is 0.255 e. The van der Waals surface area contributed by atoms with Crippen LogP contribution in [0.15, 0.2) is 18.2 Å². The van der Waals surface area contributed by atoms with E-state index < -0.39 is 23.6 Å². The van der Waals surface area contributed by atoms with E-state index in [0.29, 0.717) is 17.0 Å². The van der Waals surface area contributed by atoms with Gasteiger partial charge in [-0.15, -0.1) is 0 Å². The minimum Gasteiger partial charge on any atom is -0.392 e. The summed E-state index contributed by atoms with van der Waals surface area (Å²) in [4.78, 5) is 12.1. The normalized spacial score (nSPS) is 12.3. The highest BCUT2D eigenvalue weighted by molar-refractivity contribution is 5.96. The number of benzene rings is 1. The number of carbonyl (C=O) groups excluding carboxylic acids is 1. The van der Waals surface area contributed by atoms with Crippen LogP contribution < -0.4 is 5.32 Å². The predicted molar refractivity (Wildman–Crippen MR) is 77.0 cm³/mol. The fraction of sp³-hybridized carbons (Fsp3) is 0.333. The molecule has 0 saturated carbocycles. The highest BCUT2D eigenvalue weighted by Gasteiger charge is 2.21. The van der Waals surface area contributed by atoms with Crippen molar-refractivity contribution >= 4 is 5.91 Å². The van der Waals surface area contributed by atoms with Gasteiger partial charge in [0.2, 0.25) is 0 Å². The van der Waals surface area contributed by atoms with E-state index in [2.05, 4.69) is 10.4 Å². The van der Waals surface area contributed by atoms with Crippen molar-refractivity contribution in [2.75, 3.05) is 6.54 Å². The third-order valence-corrected chi connectivity index (χ3v) is 3.21. The molecule has 118 valence electrons. The summed E-state index contributed by atoms with van der Waals surface area (Å²) >= 11 is 0. The molecular weight excluding hydrogens is 292 g/mol. The summed E-state index contributed by atoms with van der Waals surface area (Å²) in [6.45, 7) is 4.91. The first kappa shape index (κ1) is 16.1. The number of aliphatic hydroxyl groups is 1. The number of aromatic nitrogens is 2. The lowest BCUT2D eigenvalue weighted by atomic mass is 10.1. The van der Waals surface area contributed by atoms with Gasteiger partial charge in [0, 0.05) is 12.6 Å². The zero-order valence-corrected chi connectivity index (χ0v) is 12.5. The van der Waals surface area contributed by atoms with Crippen LogP contribution in [-0.2, 0) is 0 Å². The number of aliphatic hydroxyl groups excluding tert-OH is 1. The van der Waals surface area contributed by atoms with Gasteiger partial charge in [-0.25, -0.2) is 13.5 Å². The Balaban J connectivity index is 2.40. The smallest absolute Gasteiger partial charge is 0.255 e. The Bertz CT molecular complexity index is 711. The fourth-order valence-corrected chi connectivity index (χ4v) is 2.19. The molecule has 0 saturated heterocycles. The Morgan fingerprint density at radius 1 is 1.41 bits per heavy atom. The molecule has 5 nitrogen and oxygen atoms in total. The van der Waals surface area contributed by atoms with Crippen LogP contribution in [0.3, 0.4) is 0 Å². The third kappa shape index (κ3) is 3.14. The molecule has 0 spiro atoms. The van der Waals surface area contributed by atoms with Crippen LogP contribution in [0.4, 0.5) is 8.78 Å². The molecule has 1 unspecified atom stereocenters. The van der Waals surface area contributed by atoms with Gasteiger partial charge in [0.05, 0.1) is 23.1 Å². The van der Waals surface area contributed by atoms with Crippen LogP contribution in [0.25, 0.3) is 5.69 Å². The van der Waals surface area contributed by atoms with Crippen molar-refractivity contribution in [1.82, 2.24) is 15.1 Å². The molecule has 0 aliphatic heterocycles. The Morgan fingerprint density at radius 2 is 2.09 bits per heavy atom. The summed E-state index contributed by atoms with van der Waals surface area (Å²) in [7, 11) is 0. The summed E-state index contributed by atoms with van der Waals surface area (Å²) in [6.07, 6.45) is -0.672. The van der Waals surface area contributed by atoms with Crippen molar-refractivity contribution in [3.63, 3.8) is 0 Å². The molecule has 1 aromatic carbocycles. The quantitative estimate of drug-likeness (QED) is 0.906. The molecule has 1 amide bonds. The van der Waals surface area contributed by atoms with Gasteiger partial charge in [-0.3, -0.25) is 4.79 Å². The Morgan fingerprint density at radius 3 is 2.68 bits per heavy atom. The largest absolute Gasteiger partial charge is 0.392 e. The minimum absolute atomic E-state index is 0.0663. The standard InChI is InChI=1S/C15H17F2N3O2/c1-8(21)7-18-15(22)14-9(2)19-20(10(14)3)13-5-4-11(16)6-12(13)17/h4-6,8,21H,7H2,1-3H3,(H,18,22). The monoisotopic (exact) mass is 309 g/mol. The second-order valence-corrected chi connectivity index (χ2v) is 5.11. The highest BCUT2D eigenvalue weighted by atomic mass is 19.1. The number of hydrogen-bond acceptors (Lipinski definition) is 3. The second kappa shape index (κ2) is 6.23. The van der Waals surface area contributed by atoms with Gasteiger partial charge in [0.15, 0.2) is 5.82 Å². The first-order valence-electron chi connectivity index (χ1n) is 6.79. The Hall–Kier alpha value is -2.28. The van der Waals surface area contributed by atoms with E-state index in [0.717, 1.165) is 12.1 Å². The number of nitrogens with zero attached hydrogens (tertiary/aromatic N) is 2. The van der Waals surface area contributed by atoms with E-state index in [-0.39, 0.29) is 12.2 Å². The summed E-state index contributed by atoms with van der Waals surface area (Å²) in [5.41, 5.74) is 1.23. The molecule has 7 heteroatoms. The molecule has 2 rings (SSSR count). The zero-order chi connectivity index (χ0) is 16.4. The maximum absolute atomic E-state index is 13.9. The molecule has 0 fully saturated rings. The molecular formula is C15H17F2N3O2. The van der Waals surface area contributed by atoms with Gasteiger partial charge < -0.3 is 10.4 Å². The average molecular weight is 309 g/mol. The Labute approximate surface area is 126 Å². The van der Waals surface area contributed by atoms with Gasteiger partial charge in [0.25, 0.3) is 5.91 Å². The Kier molecular flexibility index (Phi) is 4.56. The number of halogens is 2. The molecule has 2 N–H and O–H groups in total. The lowest BCUT2D eigenvalue weighted by Crippen LogP contribution is -2.31. The molecule has 0 radical (unpaired) electrons. The number of amides is 1. The predicted octanol–water partition coefficient (Wildman–Crippen LogP) is 1.88. The van der Waals surface area contributed by atoms with Gasteiger partial charge in [-0.1, -0.05) is 0 Å². The van der Waals surface area contributed by atoms with Gasteiger partial charge in [0.1, 0.15) is 11.5 Å². The van der Waals surface area contributed by atoms with Gasteiger partial charge in [-0.2, -0.15) is 5.10 Å². The van der Waals surface area contributed by atoms with Gasteiger partial charge in [-0.05, 0) is 32.9 Å². The number of rotatable bonds is 4. The van der Waals surface area contributed by atoms with E-state index in [1.807, 2.05) is 0 Å². The van der Waals surface area contributed by atoms with Gasteiger partial charge >= 0.3 is 0 Å². The molecule has 1 atom stereocenters. The summed E-state index contributed by atoms with van der Waals surface area (Å²) in [5.74, 6) is -1.84. The lowest BCUT2D eigenvalue weighted by Gasteiger charge is -2.08. The van der Waals surface area contributed by atoms with Crippen LogP contribution in [0.2, 0.25) is 0 Å². The molecule has 0 bridgehead atoms. The fourth-order valence-electron chi connectivity index (χ4n) is 2.19. The minimum atomic E-state index is -0.762. The topological polar surface area (TPSA) is 67.2 Å². The first-order chi connectivity index (χ1) is 10.3. The molecule has 0 aliphatic carbocycles. The molecule has 1 aromatic heterocycles. The van der Waals surface area contributed by atoms with Crippen LogP contribution in [0.5, 0.6) is 0 Å². The van der Waals surface area contributed by atoms with Crippen molar-refractivity contribution < 1.29 is 18.7 Å². The number of nitrogens with one attached hydrogen (secondary N) is 1. The number of aryl methyl sites for hydroxylation is 1. The van der Waals surface area contributed by atoms with Crippen LogP contribution in [-0.4, -0.2) is 33.4 Å². The molecule has 1 heterocycles. The van der Waals surface area contributed by atoms with Crippen molar-refractivity contribution in [2.45, 2.75) is 26.9 Å². The van der Waals surface area contributed by atoms with Crippen LogP contribution in [0.1, 0.15) is 28.7 Å². The van der Waals surface area contributed by atoms with Crippen molar-refractivity contribution in [3.05, 3.63) is 46.8 Å². The van der Waals surface area contributed by atoms with Crippen molar-refractivity contribution in [3.8, 4) is 5.69 Å². The average Bonchev–Trinajstić information content (AvgIpc) is 2.71. The zero-order valence-electron chi connectivity index (χ0n) is 12.5. The molecule has 2 aromatic rings. The first-order valence-corrected chi connectivity index (χ1v) is 6.79. The maximum atomic E-state index is 13.9. The SMILES string of the molecule is Cc1nn(-c2ccc(F)cc2F)c(C)c1C(=O)NCC(C)O. The van der Waals surface area contributed by atoms with E-state index in [1.165, 1.54) is 10.7 Å². The van der Waals surface area contributed by atoms with Crippen molar-refractivity contribution in [2.24, 2.45) is 0 Å². The lowest BCUT2D eigenvalue weighted by molar-refractivity contribution is 0.0922. The van der Waals surface area contributed by atoms with E-state index in [9.17, 15) is 18.7 Å². The summed E-state index contributed by atoms with van der Waals surface area (Å²) < 4.78 is 28.1. The molecule has 0 aliphatic rings. The van der Waals surface area contributed by atoms with E-state index in [4.69, 9.17) is 0 Å². The summed E-state index contributed by atoms with van der Waals surface area (Å²) in [5, 5.41) is 15.9. The van der Waals surface area contributed by atoms with Crippen molar-refractivity contribution in [1.29, 1.82) is 0 Å². The number of hydrogen-bond donors (Lipinski definition) is 2. The van der Waals surface area contributed by atoms with Crippen LogP contribution in [0, 0.1) is 25.5 Å². The highest BCUT2D eigenvalue weighted by Crippen LogP contribution is 2.20. The van der Waals surface area contributed by atoms with Crippen LogP contribution >= 0.6 is 0 Å². The molecule has 22 heavy (non-hydrogen) atoms. The van der Waals surface area contributed by atoms with E-state index in [1.54, 1.807) is 20.8 Å². The number of carbonyl (C=O) groups is 1. The third-order valence-electron chi connectivity index (χ3n) is 3.21. The summed E-state index contributed by atoms with van der Waals surface area (Å²) in [6, 6.07) is 3.16.